The largest absolute Gasteiger partial charge is 0.478 e. The van der Waals surface area contributed by atoms with Gasteiger partial charge in [0.2, 0.25) is 0 Å². The van der Waals surface area contributed by atoms with E-state index in [0.29, 0.717) is 5.30 Å². The number of rotatable bonds is 4. The molecule has 1 atom stereocenters. The van der Waals surface area contributed by atoms with Gasteiger partial charge in [0.05, 0.1) is 16.4 Å². The Kier molecular flexibility index (Phi) is 3.91. The molecule has 2 rings (SSSR count). The second kappa shape index (κ2) is 5.63. The molecule has 1 unspecified atom stereocenters. The zero-order valence-corrected chi connectivity index (χ0v) is 11.1. The summed E-state index contributed by atoms with van der Waals surface area (Å²) >= 11 is 0. The third-order valence-corrected chi connectivity index (χ3v) is 4.27. The van der Waals surface area contributed by atoms with Crippen LogP contribution in [0.3, 0.4) is 0 Å². The minimum atomic E-state index is -2.16. The molecule has 1 radical (unpaired) electrons. The van der Waals surface area contributed by atoms with Gasteiger partial charge in [-0.05, 0) is 24.3 Å². The number of carbonyl (C=O) groups is 2. The van der Waals surface area contributed by atoms with E-state index < -0.39 is 25.3 Å². The summed E-state index contributed by atoms with van der Waals surface area (Å²) < 4.78 is 12.4. The van der Waals surface area contributed by atoms with Crippen molar-refractivity contribution in [3.8, 4) is 0 Å². The SMILES string of the molecule is O=C(O)c1cccc([P](=O)c2ccccc2)c1C(=O)O. The quantitative estimate of drug-likeness (QED) is 0.838. The summed E-state index contributed by atoms with van der Waals surface area (Å²) in [6, 6.07) is 12.3. The maximum absolute atomic E-state index is 12.4. The number of carboxylic acid groups (broad SMARTS) is 2. The molecule has 101 valence electrons. The molecule has 0 amide bonds. The summed E-state index contributed by atoms with van der Waals surface area (Å²) in [5.41, 5.74) is -0.792. The lowest BCUT2D eigenvalue weighted by Crippen LogP contribution is -2.20. The van der Waals surface area contributed by atoms with Gasteiger partial charge < -0.3 is 10.2 Å². The predicted molar refractivity (Wildman–Crippen MR) is 73.7 cm³/mol. The van der Waals surface area contributed by atoms with Gasteiger partial charge in [-0.25, -0.2) is 9.59 Å². The van der Waals surface area contributed by atoms with Crippen LogP contribution in [-0.4, -0.2) is 22.2 Å². The predicted octanol–water partition coefficient (Wildman–Crippen LogP) is 1.86. The molecule has 5 nitrogen and oxygen atoms in total. The second-order valence-electron chi connectivity index (χ2n) is 3.94. The van der Waals surface area contributed by atoms with Crippen LogP contribution in [0, 0.1) is 0 Å². The van der Waals surface area contributed by atoms with Crippen LogP contribution in [0.5, 0.6) is 0 Å². The highest BCUT2D eigenvalue weighted by atomic mass is 31.1. The summed E-state index contributed by atoms with van der Waals surface area (Å²) in [5.74, 6) is -2.77. The Balaban J connectivity index is 2.63. The lowest BCUT2D eigenvalue weighted by Gasteiger charge is -2.08. The lowest BCUT2D eigenvalue weighted by molar-refractivity contribution is 0.0652. The molecule has 0 aliphatic rings. The molecule has 0 heterocycles. The van der Waals surface area contributed by atoms with Gasteiger partial charge in [-0.2, -0.15) is 0 Å². The highest BCUT2D eigenvalue weighted by molar-refractivity contribution is 7.61. The van der Waals surface area contributed by atoms with Gasteiger partial charge in [0, 0.05) is 5.30 Å². The van der Waals surface area contributed by atoms with E-state index >= 15 is 0 Å². The van der Waals surface area contributed by atoms with E-state index in [-0.39, 0.29) is 10.9 Å². The summed E-state index contributed by atoms with van der Waals surface area (Å²) in [6.45, 7) is 0. The molecule has 0 saturated carbocycles. The maximum atomic E-state index is 12.4. The van der Waals surface area contributed by atoms with Crippen molar-refractivity contribution in [3.05, 3.63) is 59.7 Å². The Hall–Kier alpha value is -2.52. The third-order valence-electron chi connectivity index (χ3n) is 2.70. The van der Waals surface area contributed by atoms with E-state index in [4.69, 9.17) is 5.11 Å². The van der Waals surface area contributed by atoms with Crippen molar-refractivity contribution in [2.75, 3.05) is 0 Å². The smallest absolute Gasteiger partial charge is 0.337 e. The van der Waals surface area contributed by atoms with E-state index in [1.807, 2.05) is 0 Å². The van der Waals surface area contributed by atoms with Crippen molar-refractivity contribution >= 4 is 30.3 Å². The molecule has 2 aromatic carbocycles. The van der Waals surface area contributed by atoms with E-state index in [9.17, 15) is 19.3 Å². The van der Waals surface area contributed by atoms with E-state index in [1.54, 1.807) is 30.3 Å². The molecule has 20 heavy (non-hydrogen) atoms. The topological polar surface area (TPSA) is 91.7 Å². The minimum Gasteiger partial charge on any atom is -0.478 e. The Bertz CT molecular complexity index is 694. The lowest BCUT2D eigenvalue weighted by atomic mass is 10.1. The van der Waals surface area contributed by atoms with Gasteiger partial charge in [0.1, 0.15) is 7.80 Å². The second-order valence-corrected chi connectivity index (χ2v) is 5.53. The summed E-state index contributed by atoms with van der Waals surface area (Å²) in [5, 5.41) is 18.7. The molecular formula is C14H10O5P. The molecular weight excluding hydrogens is 279 g/mol. The van der Waals surface area contributed by atoms with Crippen LogP contribution >= 0.6 is 7.80 Å². The van der Waals surface area contributed by atoms with Crippen LogP contribution in [-0.2, 0) is 4.57 Å². The normalized spacial score (nSPS) is 10.9. The fourth-order valence-corrected chi connectivity index (χ4v) is 3.18. The first-order valence-electron chi connectivity index (χ1n) is 5.64. The highest BCUT2D eigenvalue weighted by Gasteiger charge is 2.23. The molecule has 0 fully saturated rings. The molecule has 0 bridgehead atoms. The number of aromatic carboxylic acids is 2. The van der Waals surface area contributed by atoms with Crippen molar-refractivity contribution in [3.63, 3.8) is 0 Å². The van der Waals surface area contributed by atoms with E-state index in [1.165, 1.54) is 18.2 Å². The fraction of sp³-hybridized carbons (Fsp3) is 0. The average Bonchev–Trinajstić information content (AvgIpc) is 2.46. The molecule has 0 saturated heterocycles. The first kappa shape index (κ1) is 13.9. The van der Waals surface area contributed by atoms with Crippen LogP contribution in [0.1, 0.15) is 20.7 Å². The van der Waals surface area contributed by atoms with Crippen molar-refractivity contribution in [1.82, 2.24) is 0 Å². The van der Waals surface area contributed by atoms with E-state index in [2.05, 4.69) is 0 Å². The number of hydrogen-bond donors (Lipinski definition) is 2. The summed E-state index contributed by atoms with van der Waals surface area (Å²) in [6.07, 6.45) is 0. The Morgan fingerprint density at radius 1 is 0.850 bits per heavy atom. The van der Waals surface area contributed by atoms with Gasteiger partial charge in [-0.3, -0.25) is 4.57 Å². The van der Waals surface area contributed by atoms with Crippen LogP contribution in [0.15, 0.2) is 48.5 Å². The number of hydrogen-bond acceptors (Lipinski definition) is 3. The third kappa shape index (κ3) is 2.58. The summed E-state index contributed by atoms with van der Waals surface area (Å²) in [4.78, 5) is 22.4. The zero-order chi connectivity index (χ0) is 14.7. The maximum Gasteiger partial charge on any atom is 0.337 e. The van der Waals surface area contributed by atoms with Crippen molar-refractivity contribution in [1.29, 1.82) is 0 Å². The standard InChI is InChI=1S/C14H10O5P/c15-13(16)10-7-4-8-11(12(10)14(17)18)20(19)9-5-2-1-3-6-9/h1-8H,(H,15,16)(H,17,18). The van der Waals surface area contributed by atoms with Gasteiger partial charge in [0.15, 0.2) is 0 Å². The number of carboxylic acids is 2. The monoisotopic (exact) mass is 289 g/mol. The van der Waals surface area contributed by atoms with Crippen molar-refractivity contribution in [2.45, 2.75) is 0 Å². The first-order chi connectivity index (χ1) is 9.52. The molecule has 0 aromatic heterocycles. The Labute approximate surface area is 115 Å². The van der Waals surface area contributed by atoms with Gasteiger partial charge in [-0.15, -0.1) is 0 Å². The van der Waals surface area contributed by atoms with Gasteiger partial charge >= 0.3 is 11.9 Å². The average molecular weight is 289 g/mol. The number of benzene rings is 2. The van der Waals surface area contributed by atoms with Gasteiger partial charge in [0.25, 0.3) is 0 Å². The van der Waals surface area contributed by atoms with Crippen LogP contribution in [0.25, 0.3) is 0 Å². The van der Waals surface area contributed by atoms with Crippen LogP contribution in [0.4, 0.5) is 0 Å². The Morgan fingerprint density at radius 3 is 2.05 bits per heavy atom. The fourth-order valence-electron chi connectivity index (χ4n) is 1.81. The molecule has 0 aliphatic heterocycles. The van der Waals surface area contributed by atoms with E-state index in [0.717, 1.165) is 0 Å². The van der Waals surface area contributed by atoms with Crippen LogP contribution < -0.4 is 10.6 Å². The highest BCUT2D eigenvalue weighted by Crippen LogP contribution is 2.23. The van der Waals surface area contributed by atoms with Crippen LogP contribution in [0.2, 0.25) is 0 Å². The van der Waals surface area contributed by atoms with Crippen molar-refractivity contribution in [2.24, 2.45) is 0 Å². The zero-order valence-electron chi connectivity index (χ0n) is 10.2. The Morgan fingerprint density at radius 2 is 1.50 bits per heavy atom. The van der Waals surface area contributed by atoms with Gasteiger partial charge in [-0.1, -0.05) is 24.3 Å². The first-order valence-corrected chi connectivity index (χ1v) is 6.90. The molecule has 0 spiro atoms. The molecule has 2 aromatic rings. The molecule has 6 heteroatoms. The molecule has 0 aliphatic carbocycles. The summed E-state index contributed by atoms with van der Waals surface area (Å²) in [7, 11) is -2.16. The van der Waals surface area contributed by atoms with Crippen molar-refractivity contribution < 1.29 is 24.4 Å². The molecule has 2 N–H and O–H groups in total. The minimum absolute atomic E-state index is 0.0126.